The zero-order valence-electron chi connectivity index (χ0n) is 13.9. The molecular formula is C15H20BF2N3O4. The highest BCUT2D eigenvalue weighted by Crippen LogP contribution is 2.32. The Morgan fingerprint density at radius 3 is 2.80 bits per heavy atom. The Balaban J connectivity index is 2.07. The number of rotatable bonds is 5. The molecule has 25 heavy (non-hydrogen) atoms. The van der Waals surface area contributed by atoms with E-state index in [0.717, 1.165) is 0 Å². The van der Waals surface area contributed by atoms with Crippen molar-refractivity contribution >= 4 is 18.9 Å². The normalized spacial score (nSPS) is 20.2. The molecule has 2 atom stereocenters. The molecule has 0 saturated carbocycles. The van der Waals surface area contributed by atoms with Crippen molar-refractivity contribution in [2.45, 2.75) is 44.6 Å². The zero-order valence-corrected chi connectivity index (χ0v) is 13.9. The van der Waals surface area contributed by atoms with Gasteiger partial charge in [-0.2, -0.15) is 0 Å². The second-order valence-corrected chi connectivity index (χ2v) is 6.09. The molecule has 0 radical (unpaired) electrons. The lowest BCUT2D eigenvalue weighted by molar-refractivity contribution is -0.134. The number of hydrogen-bond acceptors (Lipinski definition) is 5. The van der Waals surface area contributed by atoms with Gasteiger partial charge < -0.3 is 20.3 Å². The maximum Gasteiger partial charge on any atom is 0.475 e. The van der Waals surface area contributed by atoms with Gasteiger partial charge in [0.05, 0.1) is 12.5 Å². The molecule has 7 nitrogen and oxygen atoms in total. The standard InChI is InChI=1S/C15H20BF2N3O4/c1-3-11-6-10(4-5-19-11)13(22)20-9(2)14(23)21-8-15(17,18)7-12(21)16(24)25/h4-6,9,12,24-25H,3,7-8H2,1-2H3,(H,20,22)/t9-,12-/m0/s1. The minimum absolute atomic E-state index is 0.303. The number of aryl methyl sites for hydroxylation is 1. The van der Waals surface area contributed by atoms with Gasteiger partial charge in [-0.1, -0.05) is 6.92 Å². The number of pyridine rings is 1. The average Bonchev–Trinajstić information content (AvgIpc) is 2.90. The molecule has 2 amide bonds. The Hall–Kier alpha value is -2.07. The van der Waals surface area contributed by atoms with Gasteiger partial charge in [-0.3, -0.25) is 14.6 Å². The van der Waals surface area contributed by atoms with E-state index in [-0.39, 0.29) is 0 Å². The maximum atomic E-state index is 13.5. The first-order valence-corrected chi connectivity index (χ1v) is 7.95. The van der Waals surface area contributed by atoms with Gasteiger partial charge in [-0.25, -0.2) is 8.78 Å². The van der Waals surface area contributed by atoms with Crippen molar-refractivity contribution in [3.05, 3.63) is 29.6 Å². The fourth-order valence-electron chi connectivity index (χ4n) is 2.76. The van der Waals surface area contributed by atoms with E-state index in [1.165, 1.54) is 19.2 Å². The minimum atomic E-state index is -3.20. The Labute approximate surface area is 144 Å². The number of nitrogens with one attached hydrogen (secondary N) is 1. The van der Waals surface area contributed by atoms with E-state index < -0.39 is 49.8 Å². The maximum absolute atomic E-state index is 13.5. The number of hydrogen-bond donors (Lipinski definition) is 3. The van der Waals surface area contributed by atoms with Crippen molar-refractivity contribution in [3.63, 3.8) is 0 Å². The Kier molecular flexibility index (Phi) is 5.74. The first-order valence-electron chi connectivity index (χ1n) is 7.95. The molecule has 1 saturated heterocycles. The van der Waals surface area contributed by atoms with Crippen LogP contribution in [-0.4, -0.2) is 63.3 Å². The summed E-state index contributed by atoms with van der Waals surface area (Å²) in [6.45, 7) is 2.33. The molecule has 0 unspecified atom stereocenters. The molecule has 1 aliphatic rings. The van der Waals surface area contributed by atoms with E-state index in [1.54, 1.807) is 6.07 Å². The van der Waals surface area contributed by atoms with Crippen molar-refractivity contribution in [1.29, 1.82) is 0 Å². The summed E-state index contributed by atoms with van der Waals surface area (Å²) in [4.78, 5) is 29.4. The first kappa shape index (κ1) is 19.3. The molecule has 3 N–H and O–H groups in total. The van der Waals surface area contributed by atoms with Crippen LogP contribution in [0, 0.1) is 0 Å². The number of aromatic nitrogens is 1. The van der Waals surface area contributed by atoms with Crippen LogP contribution < -0.4 is 5.32 Å². The van der Waals surface area contributed by atoms with Crippen molar-refractivity contribution in [3.8, 4) is 0 Å². The number of carbonyl (C=O) groups excluding carboxylic acids is 2. The van der Waals surface area contributed by atoms with Gasteiger partial charge in [-0.15, -0.1) is 0 Å². The van der Waals surface area contributed by atoms with Crippen LogP contribution in [0.1, 0.15) is 36.3 Å². The molecule has 1 aliphatic heterocycles. The van der Waals surface area contributed by atoms with Crippen molar-refractivity contribution in [2.24, 2.45) is 0 Å². The lowest BCUT2D eigenvalue weighted by Gasteiger charge is -2.26. The van der Waals surface area contributed by atoms with Crippen molar-refractivity contribution in [1.82, 2.24) is 15.2 Å². The van der Waals surface area contributed by atoms with Crippen molar-refractivity contribution < 1.29 is 28.4 Å². The van der Waals surface area contributed by atoms with Gasteiger partial charge in [0.25, 0.3) is 11.8 Å². The van der Waals surface area contributed by atoms with Crippen LogP contribution in [0.3, 0.4) is 0 Å². The molecule has 0 aromatic carbocycles. The fourth-order valence-corrected chi connectivity index (χ4v) is 2.76. The van der Waals surface area contributed by atoms with Gasteiger partial charge >= 0.3 is 7.12 Å². The summed E-state index contributed by atoms with van der Waals surface area (Å²) in [6, 6.07) is 1.97. The monoisotopic (exact) mass is 355 g/mol. The van der Waals surface area contributed by atoms with Crippen LogP contribution in [0.5, 0.6) is 0 Å². The summed E-state index contributed by atoms with van der Waals surface area (Å²) in [5.41, 5.74) is 1.01. The molecular weight excluding hydrogens is 335 g/mol. The van der Waals surface area contributed by atoms with E-state index in [9.17, 15) is 28.4 Å². The first-order chi connectivity index (χ1) is 11.6. The fraction of sp³-hybridized carbons (Fsp3) is 0.533. The summed E-state index contributed by atoms with van der Waals surface area (Å²) >= 11 is 0. The van der Waals surface area contributed by atoms with Crippen LogP contribution in [0.25, 0.3) is 0 Å². The summed E-state index contributed by atoms with van der Waals surface area (Å²) in [5, 5.41) is 20.9. The molecule has 136 valence electrons. The van der Waals surface area contributed by atoms with Crippen LogP contribution in [0.2, 0.25) is 0 Å². The summed E-state index contributed by atoms with van der Waals surface area (Å²) in [6.07, 6.45) is 1.27. The highest BCUT2D eigenvalue weighted by molar-refractivity contribution is 6.43. The summed E-state index contributed by atoms with van der Waals surface area (Å²) in [5.74, 6) is -5.94. The van der Waals surface area contributed by atoms with E-state index in [0.29, 0.717) is 22.6 Å². The van der Waals surface area contributed by atoms with Crippen LogP contribution in [0.4, 0.5) is 8.78 Å². The van der Waals surface area contributed by atoms with Gasteiger partial charge in [0, 0.05) is 23.9 Å². The summed E-state index contributed by atoms with van der Waals surface area (Å²) < 4.78 is 27.1. The number of halogens is 2. The summed E-state index contributed by atoms with van der Waals surface area (Å²) in [7, 11) is -2.08. The molecule has 2 heterocycles. The minimum Gasteiger partial charge on any atom is -0.426 e. The highest BCUT2D eigenvalue weighted by atomic mass is 19.3. The molecule has 1 aromatic rings. The highest BCUT2D eigenvalue weighted by Gasteiger charge is 2.51. The molecule has 0 aliphatic carbocycles. The molecule has 10 heteroatoms. The smallest absolute Gasteiger partial charge is 0.426 e. The average molecular weight is 355 g/mol. The third kappa shape index (κ3) is 4.52. The molecule has 0 bridgehead atoms. The van der Waals surface area contributed by atoms with Crippen LogP contribution in [0.15, 0.2) is 18.3 Å². The quantitative estimate of drug-likeness (QED) is 0.646. The van der Waals surface area contributed by atoms with E-state index in [2.05, 4.69) is 10.3 Å². The van der Waals surface area contributed by atoms with Crippen LogP contribution in [-0.2, 0) is 11.2 Å². The number of likely N-dealkylation sites (tertiary alicyclic amines) is 1. The van der Waals surface area contributed by atoms with Gasteiger partial charge in [0.2, 0.25) is 5.91 Å². The predicted molar refractivity (Wildman–Crippen MR) is 85.8 cm³/mol. The number of carbonyl (C=O) groups is 2. The predicted octanol–water partition coefficient (Wildman–Crippen LogP) is 0.0105. The topological polar surface area (TPSA) is 103 Å². The lowest BCUT2D eigenvalue weighted by atomic mass is 9.77. The number of nitrogens with zero attached hydrogens (tertiary/aromatic N) is 2. The van der Waals surface area contributed by atoms with Gasteiger partial charge in [0.15, 0.2) is 0 Å². The van der Waals surface area contributed by atoms with E-state index >= 15 is 0 Å². The molecule has 1 aromatic heterocycles. The third-order valence-corrected chi connectivity index (χ3v) is 4.10. The third-order valence-electron chi connectivity index (χ3n) is 4.10. The zero-order chi connectivity index (χ0) is 18.8. The Bertz CT molecular complexity index is 659. The largest absolute Gasteiger partial charge is 0.475 e. The number of alkyl halides is 2. The second kappa shape index (κ2) is 7.44. The molecule has 2 rings (SSSR count). The van der Waals surface area contributed by atoms with E-state index in [4.69, 9.17) is 0 Å². The molecule has 1 fully saturated rings. The Morgan fingerprint density at radius 1 is 1.52 bits per heavy atom. The molecule has 0 spiro atoms. The second-order valence-electron chi connectivity index (χ2n) is 6.09. The van der Waals surface area contributed by atoms with Gasteiger partial charge in [-0.05, 0) is 25.5 Å². The van der Waals surface area contributed by atoms with Gasteiger partial charge in [0.1, 0.15) is 6.04 Å². The lowest BCUT2D eigenvalue weighted by Crippen LogP contribution is -2.52. The van der Waals surface area contributed by atoms with E-state index in [1.807, 2.05) is 6.92 Å². The SMILES string of the molecule is CCc1cc(C(=O)N[C@@H](C)C(=O)N2CC(F)(F)C[C@H]2B(O)O)ccn1. The van der Waals surface area contributed by atoms with Crippen LogP contribution >= 0.6 is 0 Å². The number of amides is 2. The Morgan fingerprint density at radius 2 is 2.20 bits per heavy atom. The van der Waals surface area contributed by atoms with Crippen molar-refractivity contribution in [2.75, 3.05) is 6.54 Å².